The van der Waals surface area contributed by atoms with Crippen LogP contribution >= 0.6 is 23.6 Å². The molecule has 0 bridgehead atoms. The number of rotatable bonds is 4. The molecule has 0 spiro atoms. The lowest BCUT2D eigenvalue weighted by Gasteiger charge is -2.11. The van der Waals surface area contributed by atoms with E-state index in [1.807, 2.05) is 13.0 Å². The molecule has 1 amide bonds. The zero-order valence-corrected chi connectivity index (χ0v) is 13.2. The van der Waals surface area contributed by atoms with E-state index in [4.69, 9.17) is 22.2 Å². The lowest BCUT2D eigenvalue weighted by atomic mass is 10.1. The van der Waals surface area contributed by atoms with E-state index in [-0.39, 0.29) is 12.3 Å². The lowest BCUT2D eigenvalue weighted by molar-refractivity contribution is -0.115. The summed E-state index contributed by atoms with van der Waals surface area (Å²) in [6.45, 7) is 1.87. The standard InChI is InChI=1S/C14H13N3O2S2/c1-8-11(21-14(20)16-8)6-12(18)17-13-9(7-15)4-3-5-10(13)19-2/h3-5H,6H2,1-2H3,(H,16,20)(H,17,18). The summed E-state index contributed by atoms with van der Waals surface area (Å²) >= 11 is 6.43. The summed E-state index contributed by atoms with van der Waals surface area (Å²) in [5, 5.41) is 11.9. The fraction of sp³-hybridized carbons (Fsp3) is 0.214. The van der Waals surface area contributed by atoms with E-state index >= 15 is 0 Å². The Kier molecular flexibility index (Phi) is 4.73. The predicted molar refractivity (Wildman–Crippen MR) is 84.3 cm³/mol. The van der Waals surface area contributed by atoms with Gasteiger partial charge in [-0.15, -0.1) is 11.3 Å². The molecule has 2 rings (SSSR count). The number of hydrogen-bond acceptors (Lipinski definition) is 5. The topological polar surface area (TPSA) is 77.9 Å². The van der Waals surface area contributed by atoms with Gasteiger partial charge in [0.25, 0.3) is 0 Å². The number of aromatic amines is 1. The highest BCUT2D eigenvalue weighted by Crippen LogP contribution is 2.28. The Morgan fingerprint density at radius 1 is 1.57 bits per heavy atom. The molecule has 21 heavy (non-hydrogen) atoms. The zero-order valence-electron chi connectivity index (χ0n) is 11.5. The summed E-state index contributed by atoms with van der Waals surface area (Å²) in [4.78, 5) is 16.0. The maximum Gasteiger partial charge on any atom is 0.229 e. The van der Waals surface area contributed by atoms with Crippen molar-refractivity contribution >= 4 is 35.1 Å². The minimum Gasteiger partial charge on any atom is -0.495 e. The molecule has 0 aliphatic rings. The van der Waals surface area contributed by atoms with E-state index in [2.05, 4.69) is 10.3 Å². The highest BCUT2D eigenvalue weighted by atomic mass is 32.1. The molecule has 0 saturated carbocycles. The number of nitrogens with one attached hydrogen (secondary N) is 2. The van der Waals surface area contributed by atoms with Crippen molar-refractivity contribution in [2.24, 2.45) is 0 Å². The Morgan fingerprint density at radius 3 is 2.90 bits per heavy atom. The summed E-state index contributed by atoms with van der Waals surface area (Å²) in [5.74, 6) is 0.241. The van der Waals surface area contributed by atoms with Crippen LogP contribution in [0.3, 0.4) is 0 Å². The van der Waals surface area contributed by atoms with Gasteiger partial charge in [0.15, 0.2) is 3.95 Å². The number of carbonyl (C=O) groups is 1. The van der Waals surface area contributed by atoms with Crippen LogP contribution in [0.2, 0.25) is 0 Å². The Morgan fingerprint density at radius 2 is 2.33 bits per heavy atom. The van der Waals surface area contributed by atoms with Crippen molar-refractivity contribution in [1.82, 2.24) is 4.98 Å². The molecule has 2 aromatic rings. The molecule has 1 aromatic heterocycles. The number of aryl methyl sites for hydroxylation is 1. The molecule has 0 radical (unpaired) electrons. The van der Waals surface area contributed by atoms with Crippen LogP contribution < -0.4 is 10.1 Å². The van der Waals surface area contributed by atoms with Crippen LogP contribution in [0.25, 0.3) is 0 Å². The first-order chi connectivity index (χ1) is 10.0. The van der Waals surface area contributed by atoms with Crippen molar-refractivity contribution in [2.45, 2.75) is 13.3 Å². The number of amides is 1. The number of anilines is 1. The quantitative estimate of drug-likeness (QED) is 0.849. The van der Waals surface area contributed by atoms with Gasteiger partial charge in [0.1, 0.15) is 17.5 Å². The van der Waals surface area contributed by atoms with Gasteiger partial charge >= 0.3 is 0 Å². The first-order valence-electron chi connectivity index (χ1n) is 6.10. The molecule has 1 aromatic carbocycles. The van der Waals surface area contributed by atoms with Gasteiger partial charge in [-0.3, -0.25) is 4.79 Å². The third-order valence-corrected chi connectivity index (χ3v) is 4.21. The molecular formula is C14H13N3O2S2. The molecule has 1 heterocycles. The normalized spacial score (nSPS) is 9.95. The first kappa shape index (κ1) is 15.2. The number of benzene rings is 1. The van der Waals surface area contributed by atoms with Gasteiger partial charge in [0.2, 0.25) is 5.91 Å². The fourth-order valence-corrected chi connectivity index (χ4v) is 3.15. The van der Waals surface area contributed by atoms with Gasteiger partial charge in [-0.05, 0) is 31.3 Å². The van der Waals surface area contributed by atoms with E-state index in [1.54, 1.807) is 18.2 Å². The number of H-pyrrole nitrogens is 1. The van der Waals surface area contributed by atoms with Crippen molar-refractivity contribution in [3.8, 4) is 11.8 Å². The first-order valence-corrected chi connectivity index (χ1v) is 7.33. The summed E-state index contributed by atoms with van der Waals surface area (Å²) in [6.07, 6.45) is 0.201. The largest absolute Gasteiger partial charge is 0.495 e. The summed E-state index contributed by atoms with van der Waals surface area (Å²) in [6, 6.07) is 7.07. The highest BCUT2D eigenvalue weighted by molar-refractivity contribution is 7.73. The van der Waals surface area contributed by atoms with Gasteiger partial charge in [-0.1, -0.05) is 6.07 Å². The number of methoxy groups -OCH3 is 1. The molecule has 7 heteroatoms. The van der Waals surface area contributed by atoms with Gasteiger partial charge in [-0.2, -0.15) is 5.26 Å². The number of aromatic nitrogens is 1. The van der Waals surface area contributed by atoms with E-state index in [0.29, 0.717) is 21.0 Å². The number of nitrogens with zero attached hydrogens (tertiary/aromatic N) is 1. The summed E-state index contributed by atoms with van der Waals surface area (Å²) < 4.78 is 5.82. The van der Waals surface area contributed by atoms with Gasteiger partial charge in [0, 0.05) is 10.6 Å². The molecule has 0 fully saturated rings. The number of para-hydroxylation sites is 1. The molecule has 5 nitrogen and oxygen atoms in total. The second kappa shape index (κ2) is 6.52. The number of ether oxygens (including phenoxy) is 1. The van der Waals surface area contributed by atoms with Crippen LogP contribution in [0.15, 0.2) is 18.2 Å². The SMILES string of the molecule is COc1cccc(C#N)c1NC(=O)Cc1sc(=S)[nH]c1C. The number of hydrogen-bond donors (Lipinski definition) is 2. The molecule has 0 aliphatic heterocycles. The molecular weight excluding hydrogens is 306 g/mol. The van der Waals surface area contributed by atoms with Crippen LogP contribution in [-0.4, -0.2) is 18.0 Å². The summed E-state index contributed by atoms with van der Waals surface area (Å²) in [5.41, 5.74) is 1.64. The van der Waals surface area contributed by atoms with Crippen LogP contribution in [0.1, 0.15) is 16.1 Å². The van der Waals surface area contributed by atoms with Crippen molar-refractivity contribution in [2.75, 3.05) is 12.4 Å². The smallest absolute Gasteiger partial charge is 0.229 e. The molecule has 108 valence electrons. The molecule has 0 saturated heterocycles. The van der Waals surface area contributed by atoms with Crippen LogP contribution in [0.5, 0.6) is 5.75 Å². The van der Waals surface area contributed by atoms with Crippen molar-refractivity contribution in [1.29, 1.82) is 5.26 Å². The van der Waals surface area contributed by atoms with Crippen molar-refractivity contribution in [3.05, 3.63) is 38.3 Å². The van der Waals surface area contributed by atoms with Gasteiger partial charge in [0.05, 0.1) is 19.1 Å². The predicted octanol–water partition coefficient (Wildman–Crippen LogP) is 3.18. The third-order valence-electron chi connectivity index (χ3n) is 2.88. The highest BCUT2D eigenvalue weighted by Gasteiger charge is 2.14. The molecule has 0 aliphatic carbocycles. The average molecular weight is 319 g/mol. The Hall–Kier alpha value is -2.17. The van der Waals surface area contributed by atoms with E-state index < -0.39 is 0 Å². The number of nitriles is 1. The molecule has 0 atom stereocenters. The monoisotopic (exact) mass is 319 g/mol. The Labute approximate surface area is 131 Å². The van der Waals surface area contributed by atoms with E-state index in [1.165, 1.54) is 18.4 Å². The fourth-order valence-electron chi connectivity index (χ4n) is 1.86. The maximum absolute atomic E-state index is 12.2. The second-order valence-electron chi connectivity index (χ2n) is 4.28. The maximum atomic E-state index is 12.2. The molecule has 2 N–H and O–H groups in total. The minimum absolute atomic E-state index is 0.201. The molecule has 0 unspecified atom stereocenters. The lowest BCUT2D eigenvalue weighted by Crippen LogP contribution is -2.16. The third kappa shape index (κ3) is 3.48. The van der Waals surface area contributed by atoms with Gasteiger partial charge < -0.3 is 15.0 Å². The van der Waals surface area contributed by atoms with Crippen molar-refractivity contribution in [3.63, 3.8) is 0 Å². The number of thiazole rings is 1. The summed E-state index contributed by atoms with van der Waals surface area (Å²) in [7, 11) is 1.49. The average Bonchev–Trinajstić information content (AvgIpc) is 2.76. The van der Waals surface area contributed by atoms with E-state index in [0.717, 1.165) is 10.6 Å². The van der Waals surface area contributed by atoms with Crippen molar-refractivity contribution < 1.29 is 9.53 Å². The van der Waals surface area contributed by atoms with Crippen LogP contribution in [0, 0.1) is 22.2 Å². The second-order valence-corrected chi connectivity index (χ2v) is 6.05. The minimum atomic E-state index is -0.218. The van der Waals surface area contributed by atoms with Crippen LogP contribution in [0.4, 0.5) is 5.69 Å². The zero-order chi connectivity index (χ0) is 15.4. The number of carbonyl (C=O) groups excluding carboxylic acids is 1. The Balaban J connectivity index is 2.22. The van der Waals surface area contributed by atoms with Gasteiger partial charge in [-0.25, -0.2) is 0 Å². The van der Waals surface area contributed by atoms with Crippen LogP contribution in [-0.2, 0) is 11.2 Å². The van der Waals surface area contributed by atoms with E-state index in [9.17, 15) is 4.79 Å². The Bertz CT molecular complexity index is 771.